The molecule has 2 saturated heterocycles. The van der Waals surface area contributed by atoms with E-state index in [2.05, 4.69) is 15.1 Å². The van der Waals surface area contributed by atoms with Crippen LogP contribution in [0.3, 0.4) is 0 Å². The summed E-state index contributed by atoms with van der Waals surface area (Å²) < 4.78 is 27.2. The van der Waals surface area contributed by atoms with E-state index in [1.54, 1.807) is 11.2 Å². The SMILES string of the molecule is Cc1[nH]nc(S(=O)(=O)N2CCN3CCCCC3C2)c1CCl. The average Bonchev–Trinajstić information content (AvgIpc) is 2.88. The molecule has 3 heterocycles. The van der Waals surface area contributed by atoms with Crippen LogP contribution in [0.5, 0.6) is 0 Å². The van der Waals surface area contributed by atoms with Crippen molar-refractivity contribution >= 4 is 21.6 Å². The van der Waals surface area contributed by atoms with E-state index in [1.807, 2.05) is 0 Å². The lowest BCUT2D eigenvalue weighted by molar-refractivity contribution is 0.0850. The van der Waals surface area contributed by atoms with E-state index in [1.165, 1.54) is 12.8 Å². The standard InChI is InChI=1S/C13H21ClN4O2S/c1-10-12(8-14)13(16-15-10)21(19,20)18-7-6-17-5-3-2-4-11(17)9-18/h11H,2-9H2,1H3,(H,15,16). The molecule has 0 bridgehead atoms. The van der Waals surface area contributed by atoms with Crippen LogP contribution >= 0.6 is 11.6 Å². The second-order valence-electron chi connectivity index (χ2n) is 5.81. The normalized spacial score (nSPS) is 25.0. The maximum absolute atomic E-state index is 12.8. The number of hydrogen-bond acceptors (Lipinski definition) is 4. The van der Waals surface area contributed by atoms with Crippen molar-refractivity contribution in [3.05, 3.63) is 11.3 Å². The molecule has 0 saturated carbocycles. The number of hydrogen-bond donors (Lipinski definition) is 1. The molecule has 0 aromatic carbocycles. The Morgan fingerprint density at radius 2 is 2.14 bits per heavy atom. The van der Waals surface area contributed by atoms with Gasteiger partial charge in [0.15, 0.2) is 5.03 Å². The zero-order valence-electron chi connectivity index (χ0n) is 12.2. The van der Waals surface area contributed by atoms with Crippen LogP contribution in [-0.2, 0) is 15.9 Å². The number of H-pyrrole nitrogens is 1. The van der Waals surface area contributed by atoms with Gasteiger partial charge >= 0.3 is 0 Å². The van der Waals surface area contributed by atoms with Crippen molar-refractivity contribution in [2.24, 2.45) is 0 Å². The molecule has 118 valence electrons. The van der Waals surface area contributed by atoms with Crippen molar-refractivity contribution in [3.8, 4) is 0 Å². The first-order valence-corrected chi connectivity index (χ1v) is 9.35. The van der Waals surface area contributed by atoms with Crippen LogP contribution in [0.25, 0.3) is 0 Å². The molecule has 2 aliphatic rings. The molecular weight excluding hydrogens is 312 g/mol. The highest BCUT2D eigenvalue weighted by Crippen LogP contribution is 2.27. The van der Waals surface area contributed by atoms with E-state index in [0.717, 1.165) is 25.2 Å². The second-order valence-corrected chi connectivity index (χ2v) is 7.94. The Hall–Kier alpha value is -0.630. The van der Waals surface area contributed by atoms with Gasteiger partial charge in [-0.25, -0.2) is 8.42 Å². The fraction of sp³-hybridized carbons (Fsp3) is 0.769. The lowest BCUT2D eigenvalue weighted by Crippen LogP contribution is -2.56. The van der Waals surface area contributed by atoms with E-state index in [-0.39, 0.29) is 10.9 Å². The molecule has 1 N–H and O–H groups in total. The smallest absolute Gasteiger partial charge is 0.262 e. The molecule has 2 aliphatic heterocycles. The topological polar surface area (TPSA) is 69.3 Å². The fourth-order valence-corrected chi connectivity index (χ4v) is 5.31. The summed E-state index contributed by atoms with van der Waals surface area (Å²) in [7, 11) is -3.55. The molecule has 1 atom stereocenters. The van der Waals surface area contributed by atoms with Gasteiger partial charge in [0.05, 0.1) is 5.88 Å². The average molecular weight is 333 g/mol. The third-order valence-electron chi connectivity index (χ3n) is 4.55. The molecule has 1 aromatic heterocycles. The lowest BCUT2D eigenvalue weighted by Gasteiger charge is -2.43. The molecule has 2 fully saturated rings. The van der Waals surface area contributed by atoms with Crippen LogP contribution in [0.4, 0.5) is 0 Å². The molecule has 0 spiro atoms. The number of sulfonamides is 1. The summed E-state index contributed by atoms with van der Waals surface area (Å²) in [5.41, 5.74) is 1.31. The third kappa shape index (κ3) is 2.72. The van der Waals surface area contributed by atoms with E-state index in [4.69, 9.17) is 11.6 Å². The number of aryl methyl sites for hydroxylation is 1. The number of fused-ring (bicyclic) bond motifs is 1. The van der Waals surface area contributed by atoms with Gasteiger partial charge < -0.3 is 0 Å². The van der Waals surface area contributed by atoms with E-state index in [0.29, 0.717) is 24.7 Å². The molecule has 0 amide bonds. The maximum atomic E-state index is 12.8. The summed E-state index contributed by atoms with van der Waals surface area (Å²) in [6.07, 6.45) is 3.48. The van der Waals surface area contributed by atoms with Crippen LogP contribution < -0.4 is 0 Å². The number of nitrogens with one attached hydrogen (secondary N) is 1. The zero-order valence-corrected chi connectivity index (χ0v) is 13.8. The number of piperazine rings is 1. The second kappa shape index (κ2) is 5.87. The van der Waals surface area contributed by atoms with Gasteiger partial charge in [0.2, 0.25) is 0 Å². The summed E-state index contributed by atoms with van der Waals surface area (Å²) >= 11 is 5.88. The van der Waals surface area contributed by atoms with Crippen LogP contribution in [0.15, 0.2) is 5.03 Å². The first-order valence-electron chi connectivity index (χ1n) is 7.38. The number of nitrogens with zero attached hydrogens (tertiary/aromatic N) is 3. The summed E-state index contributed by atoms with van der Waals surface area (Å²) in [4.78, 5) is 2.41. The number of halogens is 1. The Morgan fingerprint density at radius 1 is 1.33 bits per heavy atom. The monoisotopic (exact) mass is 332 g/mol. The quantitative estimate of drug-likeness (QED) is 0.847. The summed E-state index contributed by atoms with van der Waals surface area (Å²) in [6.45, 7) is 4.79. The number of aromatic nitrogens is 2. The fourth-order valence-electron chi connectivity index (χ4n) is 3.27. The Labute approximate surface area is 130 Å². The number of rotatable bonds is 3. The number of aromatic amines is 1. The van der Waals surface area contributed by atoms with Crippen molar-refractivity contribution in [1.29, 1.82) is 0 Å². The Morgan fingerprint density at radius 3 is 2.90 bits per heavy atom. The minimum Gasteiger partial charge on any atom is -0.298 e. The van der Waals surface area contributed by atoms with Crippen LogP contribution in [0.2, 0.25) is 0 Å². The predicted octanol–water partition coefficient (Wildman–Crippen LogP) is 1.32. The lowest BCUT2D eigenvalue weighted by atomic mass is 10.0. The first kappa shape index (κ1) is 15.3. The van der Waals surface area contributed by atoms with Crippen molar-refractivity contribution in [3.63, 3.8) is 0 Å². The van der Waals surface area contributed by atoms with Crippen molar-refractivity contribution in [2.75, 3.05) is 26.2 Å². The summed E-state index contributed by atoms with van der Waals surface area (Å²) in [5, 5.41) is 6.82. The van der Waals surface area contributed by atoms with Crippen LogP contribution in [0.1, 0.15) is 30.5 Å². The minimum absolute atomic E-state index is 0.0965. The molecule has 8 heteroatoms. The highest BCUT2D eigenvalue weighted by molar-refractivity contribution is 7.89. The Bertz CT molecular complexity index is 616. The molecule has 3 rings (SSSR count). The van der Waals surface area contributed by atoms with Gasteiger partial charge in [-0.05, 0) is 26.3 Å². The van der Waals surface area contributed by atoms with E-state index in [9.17, 15) is 8.42 Å². The van der Waals surface area contributed by atoms with Gasteiger partial charge in [0.25, 0.3) is 10.0 Å². The van der Waals surface area contributed by atoms with Crippen molar-refractivity contribution in [1.82, 2.24) is 19.4 Å². The van der Waals surface area contributed by atoms with Crippen LogP contribution in [-0.4, -0.2) is 60.0 Å². The van der Waals surface area contributed by atoms with E-state index < -0.39 is 10.0 Å². The molecule has 1 aromatic rings. The van der Waals surface area contributed by atoms with Crippen molar-refractivity contribution < 1.29 is 8.42 Å². The summed E-state index contributed by atoms with van der Waals surface area (Å²) in [5.74, 6) is 0.153. The van der Waals surface area contributed by atoms with Gasteiger partial charge in [-0.1, -0.05) is 6.42 Å². The first-order chi connectivity index (χ1) is 10.0. The third-order valence-corrected chi connectivity index (χ3v) is 6.66. The zero-order chi connectivity index (χ0) is 15.0. The molecule has 0 aliphatic carbocycles. The van der Waals surface area contributed by atoms with Crippen molar-refractivity contribution in [2.45, 2.75) is 43.1 Å². The molecule has 1 unspecified atom stereocenters. The summed E-state index contributed by atoms with van der Waals surface area (Å²) in [6, 6.07) is 0.349. The maximum Gasteiger partial charge on any atom is 0.262 e. The number of piperidine rings is 1. The van der Waals surface area contributed by atoms with Gasteiger partial charge in [-0.15, -0.1) is 11.6 Å². The van der Waals surface area contributed by atoms with Crippen LogP contribution in [0, 0.1) is 6.92 Å². The largest absolute Gasteiger partial charge is 0.298 e. The molecule has 0 radical (unpaired) electrons. The van der Waals surface area contributed by atoms with E-state index >= 15 is 0 Å². The number of alkyl halides is 1. The van der Waals surface area contributed by atoms with Gasteiger partial charge in [-0.2, -0.15) is 9.40 Å². The van der Waals surface area contributed by atoms with Gasteiger partial charge in [-0.3, -0.25) is 10.00 Å². The molecule has 21 heavy (non-hydrogen) atoms. The molecule has 6 nitrogen and oxygen atoms in total. The Balaban J connectivity index is 1.85. The highest BCUT2D eigenvalue weighted by atomic mass is 35.5. The molecular formula is C13H21ClN4O2S. The Kier molecular flexibility index (Phi) is 4.27. The minimum atomic E-state index is -3.55. The van der Waals surface area contributed by atoms with Gasteiger partial charge in [0.1, 0.15) is 0 Å². The highest BCUT2D eigenvalue weighted by Gasteiger charge is 2.37. The predicted molar refractivity (Wildman–Crippen MR) is 80.9 cm³/mol. The van der Waals surface area contributed by atoms with Gasteiger partial charge in [0, 0.05) is 36.9 Å².